The van der Waals surface area contributed by atoms with Crippen molar-refractivity contribution in [3.05, 3.63) is 28.3 Å². The van der Waals surface area contributed by atoms with Crippen molar-refractivity contribution in [1.82, 2.24) is 4.90 Å². The summed E-state index contributed by atoms with van der Waals surface area (Å²) in [6.07, 6.45) is -0.0411. The lowest BCUT2D eigenvalue weighted by Gasteiger charge is -2.52. The third-order valence-corrected chi connectivity index (χ3v) is 8.68. The molecule has 39 heavy (non-hydrogen) atoms. The van der Waals surface area contributed by atoms with Crippen LogP contribution in [0.15, 0.2) is 6.07 Å². The highest BCUT2D eigenvalue weighted by atomic mass is 16.3. The third-order valence-electron chi connectivity index (χ3n) is 8.68. The Hall–Kier alpha value is -3.28. The number of nitrogens with two attached hydrogens (primary N) is 2. The van der Waals surface area contributed by atoms with Gasteiger partial charge >= 0.3 is 0 Å². The van der Waals surface area contributed by atoms with Crippen molar-refractivity contribution in [3.63, 3.8) is 0 Å². The number of benzene rings is 1. The number of aliphatic hydroxyl groups is 1. The van der Waals surface area contributed by atoms with E-state index in [1.165, 1.54) is 25.9 Å². The van der Waals surface area contributed by atoms with Crippen LogP contribution in [0.4, 0.5) is 0 Å². The first-order valence-electron chi connectivity index (χ1n) is 12.9. The molecule has 0 aromatic heterocycles. The first-order chi connectivity index (χ1) is 17.9. The summed E-state index contributed by atoms with van der Waals surface area (Å²) < 4.78 is 0. The Morgan fingerprint density at radius 3 is 2.21 bits per heavy atom. The molecule has 2 saturated carbocycles. The minimum absolute atomic E-state index is 0.0418. The highest BCUT2D eigenvalue weighted by molar-refractivity contribution is 6.32. The molecule has 4 rings (SSSR count). The molecule has 3 aliphatic rings. The van der Waals surface area contributed by atoms with Crippen LogP contribution >= 0.6 is 0 Å². The summed E-state index contributed by atoms with van der Waals surface area (Å²) in [6.45, 7) is 6.72. The second kappa shape index (κ2) is 9.14. The Labute approximate surface area is 225 Å². The lowest BCUT2D eigenvalue weighted by molar-refractivity contribution is -0.181. The van der Waals surface area contributed by atoms with Crippen LogP contribution in [0.2, 0.25) is 0 Å². The van der Waals surface area contributed by atoms with E-state index in [2.05, 4.69) is 0 Å². The number of amides is 1. The number of phenolic OH excluding ortho intramolecular Hbond substituents is 1. The van der Waals surface area contributed by atoms with Crippen LogP contribution in [0.25, 0.3) is 0 Å². The summed E-state index contributed by atoms with van der Waals surface area (Å²) >= 11 is 0. The van der Waals surface area contributed by atoms with E-state index in [4.69, 9.17) is 11.5 Å². The smallest absolute Gasteiger partial charge is 0.235 e. The van der Waals surface area contributed by atoms with Crippen LogP contribution in [-0.2, 0) is 35.8 Å². The number of primary amides is 1. The van der Waals surface area contributed by atoms with Gasteiger partial charge in [0, 0.05) is 11.5 Å². The molecule has 11 nitrogen and oxygen atoms in total. The molecule has 0 spiro atoms. The first-order valence-corrected chi connectivity index (χ1v) is 12.9. The molecule has 0 radical (unpaired) electrons. The zero-order valence-electron chi connectivity index (χ0n) is 22.9. The molecule has 1 aromatic carbocycles. The number of aromatic hydroxyl groups is 1. The summed E-state index contributed by atoms with van der Waals surface area (Å²) in [5, 5.41) is 23.0. The molecule has 1 amide bonds. The van der Waals surface area contributed by atoms with E-state index >= 15 is 0 Å². The number of ketones is 5. The van der Waals surface area contributed by atoms with Gasteiger partial charge in [-0.15, -0.1) is 0 Å². The van der Waals surface area contributed by atoms with Crippen molar-refractivity contribution in [2.24, 2.45) is 35.1 Å². The topological polar surface area (TPSA) is 198 Å². The van der Waals surface area contributed by atoms with Crippen LogP contribution in [0.3, 0.4) is 0 Å². The zero-order chi connectivity index (χ0) is 29.5. The minimum atomic E-state index is -2.80. The van der Waals surface area contributed by atoms with Crippen molar-refractivity contribution in [1.29, 1.82) is 0 Å². The maximum absolute atomic E-state index is 14.0. The quantitative estimate of drug-likeness (QED) is 0.369. The summed E-state index contributed by atoms with van der Waals surface area (Å²) in [6, 6.07) is -0.672. The number of carbonyl (C=O) groups is 6. The average Bonchev–Trinajstić information content (AvgIpc) is 2.79. The third kappa shape index (κ3) is 3.97. The fourth-order valence-corrected chi connectivity index (χ4v) is 6.77. The SMILES string of the molecule is CC(=O)C(N)c1cc(C(C)(C)C)c(O)c2c1C[C@H]1C[C@H]3[C@H](N(C)C)C(=O)C(C(N)=O)C(=O)[C@@]3(O)C(=O)C1C2=O. The predicted molar refractivity (Wildman–Crippen MR) is 138 cm³/mol. The van der Waals surface area contributed by atoms with Crippen molar-refractivity contribution in [3.8, 4) is 5.75 Å². The molecule has 0 aliphatic heterocycles. The maximum Gasteiger partial charge on any atom is 0.235 e. The maximum atomic E-state index is 14.0. The van der Waals surface area contributed by atoms with E-state index in [0.717, 1.165) is 0 Å². The largest absolute Gasteiger partial charge is 0.507 e. The average molecular weight is 542 g/mol. The van der Waals surface area contributed by atoms with Gasteiger partial charge in [0.05, 0.1) is 23.6 Å². The van der Waals surface area contributed by atoms with Crippen LogP contribution in [0, 0.1) is 23.7 Å². The number of rotatable bonds is 4. The molecule has 1 aromatic rings. The predicted octanol–water partition coefficient (Wildman–Crippen LogP) is -0.247. The van der Waals surface area contributed by atoms with Crippen LogP contribution in [0.5, 0.6) is 5.75 Å². The van der Waals surface area contributed by atoms with E-state index in [9.17, 15) is 39.0 Å². The minimum Gasteiger partial charge on any atom is -0.507 e. The van der Waals surface area contributed by atoms with Gasteiger partial charge in [0.2, 0.25) is 5.91 Å². The van der Waals surface area contributed by atoms with Gasteiger partial charge in [0.15, 0.2) is 40.4 Å². The fourth-order valence-electron chi connectivity index (χ4n) is 6.77. The van der Waals surface area contributed by atoms with Crippen molar-refractivity contribution >= 4 is 34.8 Å². The number of hydrogen-bond acceptors (Lipinski definition) is 10. The van der Waals surface area contributed by atoms with Gasteiger partial charge in [-0.2, -0.15) is 0 Å². The summed E-state index contributed by atoms with van der Waals surface area (Å²) in [5.41, 5.74) is 8.99. The lowest BCUT2D eigenvalue weighted by atomic mass is 9.52. The van der Waals surface area contributed by atoms with Gasteiger partial charge in [-0.1, -0.05) is 20.8 Å². The Morgan fingerprint density at radius 1 is 1.13 bits per heavy atom. The number of hydrogen-bond donors (Lipinski definition) is 4. The second-order valence-corrected chi connectivity index (χ2v) is 12.3. The number of likely N-dealkylation sites (N-methyl/N-ethyl adjacent to an activating group) is 1. The highest BCUT2D eigenvalue weighted by Crippen LogP contribution is 2.52. The molecule has 3 aliphatic carbocycles. The Morgan fingerprint density at radius 2 is 1.72 bits per heavy atom. The van der Waals surface area contributed by atoms with E-state index in [0.29, 0.717) is 16.7 Å². The van der Waals surface area contributed by atoms with Gasteiger partial charge in [-0.3, -0.25) is 33.7 Å². The van der Waals surface area contributed by atoms with E-state index in [1.54, 1.807) is 26.8 Å². The van der Waals surface area contributed by atoms with Crippen molar-refractivity contribution in [2.45, 2.75) is 63.6 Å². The van der Waals surface area contributed by atoms with Gasteiger partial charge in [-0.25, -0.2) is 0 Å². The number of phenols is 1. The van der Waals surface area contributed by atoms with E-state index in [-0.39, 0.29) is 29.9 Å². The molecular weight excluding hydrogens is 506 g/mol. The number of carbonyl (C=O) groups excluding carboxylic acids is 6. The Balaban J connectivity index is 1.95. The van der Waals surface area contributed by atoms with Crippen LogP contribution in [-0.4, -0.2) is 75.7 Å². The highest BCUT2D eigenvalue weighted by Gasteiger charge is 2.69. The van der Waals surface area contributed by atoms with Crippen LogP contribution < -0.4 is 11.5 Å². The summed E-state index contributed by atoms with van der Waals surface area (Å²) in [4.78, 5) is 80.4. The van der Waals surface area contributed by atoms with Crippen LogP contribution in [0.1, 0.15) is 67.2 Å². The Kier molecular flexibility index (Phi) is 6.73. The molecule has 2 fully saturated rings. The molecule has 0 bridgehead atoms. The van der Waals surface area contributed by atoms with Gasteiger partial charge < -0.3 is 21.7 Å². The molecule has 210 valence electrons. The van der Waals surface area contributed by atoms with E-state index in [1.807, 2.05) is 0 Å². The van der Waals surface area contributed by atoms with Gasteiger partial charge in [-0.05, 0) is 62.4 Å². The normalized spacial score (nSPS) is 31.5. The molecule has 0 heterocycles. The molecule has 3 unspecified atom stereocenters. The number of Topliss-reactive ketones (excluding diaryl/α,β-unsaturated/α-hetero) is 5. The zero-order valence-corrected chi connectivity index (χ0v) is 22.9. The number of fused-ring (bicyclic) bond motifs is 3. The standard InChI is InChI=1S/C28H35N3O8/c1-10(32)19(29)13-9-15(27(2,3)4)21(33)17-12(13)7-11-8-14-20(31(5)6)23(35)18(26(30)38)25(37)28(14,39)24(36)16(11)22(17)34/h9,11,14,16,18-20,33,39H,7-8,29H2,1-6H3,(H2,30,38)/t11-,14-,16?,18?,19?,20-,28-/m0/s1. The molecule has 11 heteroatoms. The summed E-state index contributed by atoms with van der Waals surface area (Å²) in [7, 11) is 3.04. The summed E-state index contributed by atoms with van der Waals surface area (Å²) in [5.74, 6) is -11.6. The van der Waals surface area contributed by atoms with Crippen molar-refractivity contribution in [2.75, 3.05) is 14.1 Å². The molecular formula is C28H35N3O8. The number of nitrogens with zero attached hydrogens (tertiary/aromatic N) is 1. The molecule has 0 saturated heterocycles. The molecule has 7 atom stereocenters. The fraction of sp³-hybridized carbons (Fsp3) is 0.571. The Bertz CT molecular complexity index is 1340. The van der Waals surface area contributed by atoms with E-state index < -0.39 is 75.8 Å². The van der Waals surface area contributed by atoms with Crippen molar-refractivity contribution < 1.29 is 39.0 Å². The second-order valence-electron chi connectivity index (χ2n) is 12.3. The van der Waals surface area contributed by atoms with Gasteiger partial charge in [0.25, 0.3) is 0 Å². The lowest BCUT2D eigenvalue weighted by Crippen LogP contribution is -2.74. The molecule has 6 N–H and O–H groups in total. The first kappa shape index (κ1) is 28.7. The van der Waals surface area contributed by atoms with Gasteiger partial charge in [0.1, 0.15) is 5.75 Å². The monoisotopic (exact) mass is 541 g/mol.